The molecule has 4 aromatic rings. The molecule has 0 saturated heterocycles. The third kappa shape index (κ3) is 8.93. The summed E-state index contributed by atoms with van der Waals surface area (Å²) in [7, 11) is 4.28. The molecule has 0 radical (unpaired) electrons. The van der Waals surface area contributed by atoms with Crippen LogP contribution in [-0.2, 0) is 32.2 Å². The van der Waals surface area contributed by atoms with Gasteiger partial charge in [0.1, 0.15) is 30.0 Å². The van der Waals surface area contributed by atoms with Gasteiger partial charge in [-0.05, 0) is 86.5 Å². The lowest BCUT2D eigenvalue weighted by molar-refractivity contribution is -0.130. The van der Waals surface area contributed by atoms with Crippen LogP contribution in [0.1, 0.15) is 59.5 Å². The van der Waals surface area contributed by atoms with Crippen molar-refractivity contribution in [3.8, 4) is 11.5 Å². The average Bonchev–Trinajstić information content (AvgIpc) is 3.27. The Balaban J connectivity index is 1.49. The maximum atomic E-state index is 14.6. The minimum atomic E-state index is -1.21. The van der Waals surface area contributed by atoms with Gasteiger partial charge in [0.25, 0.3) is 11.8 Å². The van der Waals surface area contributed by atoms with Crippen LogP contribution in [0.2, 0.25) is 0 Å². The first-order valence-corrected chi connectivity index (χ1v) is 17.9. The van der Waals surface area contributed by atoms with Crippen molar-refractivity contribution in [2.45, 2.75) is 58.5 Å². The second-order valence-corrected chi connectivity index (χ2v) is 14.6. The van der Waals surface area contributed by atoms with Gasteiger partial charge < -0.3 is 34.5 Å². The molecular formula is C40H43BrN4O9. The zero-order valence-electron chi connectivity index (χ0n) is 31.2. The molecule has 1 aliphatic heterocycles. The third-order valence-corrected chi connectivity index (χ3v) is 9.35. The van der Waals surface area contributed by atoms with Crippen molar-refractivity contribution in [1.82, 2.24) is 15.5 Å². The Kier molecular flexibility index (Phi) is 12.2. The number of anilines is 1. The number of ether oxygens (including phenoxy) is 4. The fourth-order valence-electron chi connectivity index (χ4n) is 5.85. The number of carbonyl (C=O) groups is 5. The minimum absolute atomic E-state index is 0.00527. The summed E-state index contributed by atoms with van der Waals surface area (Å²) in [4.78, 5) is 69.2. The van der Waals surface area contributed by atoms with Crippen molar-refractivity contribution in [2.75, 3.05) is 32.8 Å². The van der Waals surface area contributed by atoms with Gasteiger partial charge in [-0.1, -0.05) is 46.3 Å². The molecule has 13 nitrogen and oxygen atoms in total. The average molecular weight is 804 g/mol. The van der Waals surface area contributed by atoms with Crippen LogP contribution < -0.4 is 25.0 Å². The first-order valence-electron chi connectivity index (χ1n) is 17.2. The molecule has 0 aliphatic carbocycles. The summed E-state index contributed by atoms with van der Waals surface area (Å²) in [6.45, 7) is 6.51. The molecule has 4 amide bonds. The van der Waals surface area contributed by atoms with Crippen LogP contribution in [0.3, 0.4) is 0 Å². The van der Waals surface area contributed by atoms with Crippen LogP contribution in [-0.4, -0.2) is 80.2 Å². The first kappa shape index (κ1) is 39.6. The Morgan fingerprint density at radius 1 is 1.02 bits per heavy atom. The Labute approximate surface area is 322 Å². The third-order valence-electron chi connectivity index (χ3n) is 8.86. The van der Waals surface area contributed by atoms with Crippen molar-refractivity contribution in [2.24, 2.45) is 0 Å². The zero-order valence-corrected chi connectivity index (χ0v) is 32.7. The van der Waals surface area contributed by atoms with Crippen molar-refractivity contribution < 1.29 is 42.9 Å². The highest BCUT2D eigenvalue weighted by Gasteiger charge is 2.37. The lowest BCUT2D eigenvalue weighted by Crippen LogP contribution is -2.55. The Morgan fingerprint density at radius 3 is 2.41 bits per heavy atom. The number of amides is 4. The summed E-state index contributed by atoms with van der Waals surface area (Å²) in [6.07, 6.45) is -0.702. The smallest absolute Gasteiger partial charge is 0.410 e. The van der Waals surface area contributed by atoms with Crippen molar-refractivity contribution in [3.05, 3.63) is 99.5 Å². The summed E-state index contributed by atoms with van der Waals surface area (Å²) < 4.78 is 23.1. The van der Waals surface area contributed by atoms with Gasteiger partial charge in [0.05, 0.1) is 37.6 Å². The number of hydrogen-bond acceptors (Lipinski definition) is 9. The van der Waals surface area contributed by atoms with Gasteiger partial charge in [-0.3, -0.25) is 19.3 Å². The van der Waals surface area contributed by atoms with Gasteiger partial charge in [0.2, 0.25) is 5.91 Å². The number of likely N-dealkylation sites (N-methyl/N-ethyl adjacent to an activating group) is 1. The van der Waals surface area contributed by atoms with Crippen molar-refractivity contribution in [3.63, 3.8) is 0 Å². The van der Waals surface area contributed by atoms with Crippen LogP contribution in [0.15, 0.2) is 77.3 Å². The van der Waals surface area contributed by atoms with Crippen molar-refractivity contribution >= 4 is 62.2 Å². The summed E-state index contributed by atoms with van der Waals surface area (Å²) in [5.41, 5.74) is 1.49. The van der Waals surface area contributed by atoms with E-state index in [2.05, 4.69) is 26.6 Å². The number of carbonyl (C=O) groups excluding carboxylic acids is 5. The minimum Gasteiger partial charge on any atom is -0.496 e. The number of methoxy groups -OCH3 is 2. The first-order chi connectivity index (χ1) is 25.6. The molecule has 1 aliphatic rings. The van der Waals surface area contributed by atoms with Gasteiger partial charge in [-0.25, -0.2) is 9.59 Å². The van der Waals surface area contributed by atoms with Crippen LogP contribution in [0.5, 0.6) is 11.5 Å². The van der Waals surface area contributed by atoms with Gasteiger partial charge in [-0.15, -0.1) is 0 Å². The van der Waals surface area contributed by atoms with Gasteiger partial charge in [0, 0.05) is 23.6 Å². The maximum absolute atomic E-state index is 14.6. The highest BCUT2D eigenvalue weighted by Crippen LogP contribution is 2.39. The monoisotopic (exact) mass is 802 g/mol. The highest BCUT2D eigenvalue weighted by molar-refractivity contribution is 9.10. The summed E-state index contributed by atoms with van der Waals surface area (Å²) >= 11 is 3.53. The fraction of sp³-hybridized carbons (Fsp3) is 0.325. The van der Waals surface area contributed by atoms with E-state index in [1.165, 1.54) is 26.0 Å². The summed E-state index contributed by atoms with van der Waals surface area (Å²) in [6, 6.07) is 18.8. The molecule has 54 heavy (non-hydrogen) atoms. The number of nitrogens with one attached hydrogen (secondary N) is 2. The molecule has 0 aromatic heterocycles. The number of esters is 1. The number of fused-ring (bicyclic) bond motifs is 2. The lowest BCUT2D eigenvalue weighted by Gasteiger charge is -2.30. The standard InChI is InChI=1S/C40H43BrN4O9/c1-23(44(5)39(50)54-40(2,3)4)35(46)43-31-22-53-34-29(36(47)42-20-24-11-13-25(14-12-24)38(49)52-7)9-8-10-32(34)45(37(31)48)21-30-28-17-16-27(41)19-26(28)15-18-33(30)51-6/h8-19,23,31H,20-22H2,1-7H3,(H,42,47)(H,43,46)/t23-,31-/m0/s1. The summed E-state index contributed by atoms with van der Waals surface area (Å²) in [5, 5.41) is 7.38. The quantitative estimate of drug-likeness (QED) is 0.184. The van der Waals surface area contributed by atoms with Gasteiger partial charge >= 0.3 is 12.1 Å². The van der Waals surface area contributed by atoms with Crippen LogP contribution in [0.25, 0.3) is 10.8 Å². The number of nitrogens with zero attached hydrogens (tertiary/aromatic N) is 2. The second-order valence-electron chi connectivity index (χ2n) is 13.7. The predicted octanol–water partition coefficient (Wildman–Crippen LogP) is 5.99. The number of benzene rings is 4. The maximum Gasteiger partial charge on any atom is 0.410 e. The molecule has 0 spiro atoms. The molecule has 1 heterocycles. The van der Waals surface area contributed by atoms with E-state index in [1.54, 1.807) is 70.3 Å². The largest absolute Gasteiger partial charge is 0.496 e. The van der Waals surface area contributed by atoms with Crippen LogP contribution in [0.4, 0.5) is 10.5 Å². The van der Waals surface area contributed by atoms with Gasteiger partial charge in [0.15, 0.2) is 5.75 Å². The van der Waals surface area contributed by atoms with Crippen molar-refractivity contribution in [1.29, 1.82) is 0 Å². The topological polar surface area (TPSA) is 153 Å². The van der Waals surface area contributed by atoms with Crippen LogP contribution >= 0.6 is 15.9 Å². The number of rotatable bonds is 10. The zero-order chi connectivity index (χ0) is 39.3. The molecule has 2 N–H and O–H groups in total. The highest BCUT2D eigenvalue weighted by atomic mass is 79.9. The van der Waals surface area contributed by atoms with Gasteiger partial charge in [-0.2, -0.15) is 0 Å². The second kappa shape index (κ2) is 16.6. The number of halogens is 1. The van der Waals surface area contributed by atoms with E-state index in [9.17, 15) is 24.0 Å². The lowest BCUT2D eigenvalue weighted by atomic mass is 10.0. The molecule has 0 fully saturated rings. The molecule has 4 aromatic carbocycles. The predicted molar refractivity (Wildman–Crippen MR) is 206 cm³/mol. The van der Waals surface area contributed by atoms with E-state index in [0.29, 0.717) is 22.6 Å². The SMILES string of the molecule is COC(=O)c1ccc(CNC(=O)c2cccc3c2OC[C@H](NC(=O)[C@H](C)N(C)C(=O)OC(C)(C)C)C(=O)N3Cc2c(OC)ccc3cc(Br)ccc23)cc1. The molecule has 0 saturated carbocycles. The molecule has 0 bridgehead atoms. The molecule has 284 valence electrons. The Morgan fingerprint density at radius 2 is 1.74 bits per heavy atom. The fourth-order valence-corrected chi connectivity index (χ4v) is 6.23. The number of para-hydroxylation sites is 1. The Bertz CT molecular complexity index is 2080. The van der Waals surface area contributed by atoms with E-state index in [0.717, 1.165) is 25.7 Å². The molecule has 0 unspecified atom stereocenters. The van der Waals surface area contributed by atoms with E-state index in [1.807, 2.05) is 30.3 Å². The summed E-state index contributed by atoms with van der Waals surface area (Å²) in [5.74, 6) is -1.39. The molecular weight excluding hydrogens is 760 g/mol. The van der Waals surface area contributed by atoms with Crippen LogP contribution in [0, 0.1) is 0 Å². The van der Waals surface area contributed by atoms with E-state index in [4.69, 9.17) is 18.9 Å². The van der Waals surface area contributed by atoms with E-state index >= 15 is 0 Å². The molecule has 2 atom stereocenters. The normalized spacial score (nSPS) is 14.6. The molecule has 14 heteroatoms. The number of hydrogen-bond donors (Lipinski definition) is 2. The Hall–Kier alpha value is -5.63. The van der Waals surface area contributed by atoms with E-state index in [-0.39, 0.29) is 31.0 Å². The van der Waals surface area contributed by atoms with E-state index < -0.39 is 47.5 Å². The molecule has 5 rings (SSSR count).